The largest absolute Gasteiger partial charge is 0.481 e. The van der Waals surface area contributed by atoms with Gasteiger partial charge in [0.1, 0.15) is 6.10 Å². The normalized spacial score (nSPS) is 18.5. The van der Waals surface area contributed by atoms with Crippen LogP contribution in [-0.4, -0.2) is 32.6 Å². The van der Waals surface area contributed by atoms with Crippen molar-refractivity contribution in [1.29, 1.82) is 0 Å². The van der Waals surface area contributed by atoms with Crippen molar-refractivity contribution < 1.29 is 28.2 Å². The highest BCUT2D eigenvalue weighted by Gasteiger charge is 2.41. The van der Waals surface area contributed by atoms with E-state index in [-0.39, 0.29) is 17.2 Å². The highest BCUT2D eigenvalue weighted by atomic mass is 19.1. The number of hydrogen-bond donors (Lipinski definition) is 1. The van der Waals surface area contributed by atoms with Gasteiger partial charge in [0, 0.05) is 17.5 Å². The van der Waals surface area contributed by atoms with E-state index in [9.17, 15) is 14.3 Å². The second-order valence-electron chi connectivity index (χ2n) is 9.76. The number of halogens is 2. The van der Waals surface area contributed by atoms with Crippen molar-refractivity contribution in [1.82, 2.24) is 15.0 Å². The lowest BCUT2D eigenvalue weighted by Gasteiger charge is -2.29. The Balaban J connectivity index is 1.43. The van der Waals surface area contributed by atoms with Crippen LogP contribution in [-0.2, 0) is 11.2 Å². The average Bonchev–Trinajstić information content (AvgIpc) is 3.72. The molecule has 0 saturated heterocycles. The van der Waals surface area contributed by atoms with Gasteiger partial charge in [-0.15, -0.1) is 0 Å². The maximum atomic E-state index is 15.8. The zero-order chi connectivity index (χ0) is 26.3. The number of pyridine rings is 1. The molecule has 0 bridgehead atoms. The lowest BCUT2D eigenvalue weighted by molar-refractivity contribution is -0.142. The lowest BCUT2D eigenvalue weighted by Crippen LogP contribution is -2.23. The Hall–Kier alpha value is -3.62. The van der Waals surface area contributed by atoms with E-state index < -0.39 is 35.5 Å². The molecule has 7 nitrogen and oxygen atoms in total. The summed E-state index contributed by atoms with van der Waals surface area (Å²) in [6.07, 6.45) is 5.04. The second-order valence-corrected chi connectivity index (χ2v) is 9.76. The molecule has 2 aromatic heterocycles. The molecule has 1 aliphatic heterocycles. The third-order valence-corrected chi connectivity index (χ3v) is 7.23. The summed E-state index contributed by atoms with van der Waals surface area (Å²) in [5, 5.41) is 9.60. The molecule has 0 amide bonds. The molecule has 1 aliphatic carbocycles. The molecule has 1 fully saturated rings. The Kier molecular flexibility index (Phi) is 6.79. The standard InChI is InChI=1S/C28H29F2N3O4/c1-4-36-23-11-19(20(29)12-31-23)26-15(3)33-21(13-32-26)22-10-8-17-7-9-18(25(30)27(17)37-22)24(16-5-6-16)14(2)28(34)35/h7,9,11-14,16,22,24H,4-6,8,10H2,1-3H3,(H,34,35)/t14?,22-,24?/m0/s1. The predicted molar refractivity (Wildman–Crippen MR) is 131 cm³/mol. The number of ether oxygens (including phenoxy) is 2. The molecule has 2 unspecified atom stereocenters. The molecular formula is C28H29F2N3O4. The van der Waals surface area contributed by atoms with Crippen molar-refractivity contribution in [2.75, 3.05) is 6.61 Å². The van der Waals surface area contributed by atoms with Crippen LogP contribution in [0.15, 0.2) is 30.6 Å². The van der Waals surface area contributed by atoms with Crippen LogP contribution in [0.25, 0.3) is 11.3 Å². The first-order valence-electron chi connectivity index (χ1n) is 12.6. The van der Waals surface area contributed by atoms with Crippen LogP contribution in [0.1, 0.15) is 67.6 Å². The van der Waals surface area contributed by atoms with Gasteiger partial charge in [0.2, 0.25) is 5.88 Å². The molecule has 1 N–H and O–H groups in total. The third kappa shape index (κ3) is 4.86. The van der Waals surface area contributed by atoms with E-state index in [1.54, 1.807) is 19.9 Å². The van der Waals surface area contributed by atoms with Crippen molar-refractivity contribution in [3.8, 4) is 22.9 Å². The Morgan fingerprint density at radius 1 is 1.22 bits per heavy atom. The summed E-state index contributed by atoms with van der Waals surface area (Å²) in [6, 6.07) is 5.06. The second kappa shape index (κ2) is 10.0. The molecule has 3 aromatic rings. The van der Waals surface area contributed by atoms with Gasteiger partial charge in [0.15, 0.2) is 17.4 Å². The molecule has 194 valence electrons. The summed E-state index contributed by atoms with van der Waals surface area (Å²) in [4.78, 5) is 24.7. The van der Waals surface area contributed by atoms with Gasteiger partial charge >= 0.3 is 5.97 Å². The van der Waals surface area contributed by atoms with Gasteiger partial charge in [0.05, 0.1) is 42.0 Å². The summed E-state index contributed by atoms with van der Waals surface area (Å²) < 4.78 is 41.8. The topological polar surface area (TPSA) is 94.4 Å². The molecular weight excluding hydrogens is 480 g/mol. The van der Waals surface area contributed by atoms with Gasteiger partial charge < -0.3 is 14.6 Å². The summed E-state index contributed by atoms with van der Waals surface area (Å²) in [5.41, 5.74) is 2.77. The van der Waals surface area contributed by atoms with Crippen LogP contribution in [0.3, 0.4) is 0 Å². The molecule has 1 aromatic carbocycles. The van der Waals surface area contributed by atoms with E-state index in [1.807, 2.05) is 13.0 Å². The van der Waals surface area contributed by atoms with Gasteiger partial charge in [-0.05, 0) is 56.6 Å². The van der Waals surface area contributed by atoms with Crippen molar-refractivity contribution >= 4 is 5.97 Å². The summed E-state index contributed by atoms with van der Waals surface area (Å²) >= 11 is 0. The van der Waals surface area contributed by atoms with Crippen molar-refractivity contribution in [3.05, 3.63) is 64.7 Å². The fourth-order valence-corrected chi connectivity index (χ4v) is 5.18. The third-order valence-electron chi connectivity index (χ3n) is 7.23. The van der Waals surface area contributed by atoms with Crippen LogP contribution in [0.4, 0.5) is 8.78 Å². The molecule has 0 spiro atoms. The Morgan fingerprint density at radius 3 is 2.68 bits per heavy atom. The van der Waals surface area contributed by atoms with Gasteiger partial charge in [-0.2, -0.15) is 0 Å². The summed E-state index contributed by atoms with van der Waals surface area (Å²) in [5.74, 6) is -2.44. The van der Waals surface area contributed by atoms with Crippen molar-refractivity contribution in [2.24, 2.45) is 11.8 Å². The molecule has 2 aliphatic rings. The lowest BCUT2D eigenvalue weighted by atomic mass is 9.82. The van der Waals surface area contributed by atoms with Crippen molar-refractivity contribution in [3.63, 3.8) is 0 Å². The van der Waals surface area contributed by atoms with Gasteiger partial charge in [-0.1, -0.05) is 19.1 Å². The summed E-state index contributed by atoms with van der Waals surface area (Å²) in [6.45, 7) is 5.58. The number of nitrogens with zero attached hydrogens (tertiary/aromatic N) is 3. The van der Waals surface area contributed by atoms with E-state index in [0.29, 0.717) is 48.0 Å². The number of benzene rings is 1. The number of hydrogen-bond acceptors (Lipinski definition) is 6. The minimum atomic E-state index is -0.933. The zero-order valence-electron chi connectivity index (χ0n) is 21.0. The smallest absolute Gasteiger partial charge is 0.306 e. The van der Waals surface area contributed by atoms with Gasteiger partial charge in [0.25, 0.3) is 0 Å². The number of fused-ring (bicyclic) bond motifs is 1. The highest BCUT2D eigenvalue weighted by molar-refractivity contribution is 5.71. The number of aryl methyl sites for hydroxylation is 2. The number of aromatic nitrogens is 3. The van der Waals surface area contributed by atoms with Gasteiger partial charge in [-0.3, -0.25) is 14.8 Å². The Labute approximate surface area is 213 Å². The number of carboxylic acid groups (broad SMARTS) is 1. The number of carbonyl (C=O) groups is 1. The molecule has 3 heterocycles. The number of aliphatic carboxylic acids is 1. The maximum absolute atomic E-state index is 15.8. The minimum Gasteiger partial charge on any atom is -0.481 e. The SMILES string of the molecule is CCOc1cc(-c2ncc([C@@H]3CCc4ccc(C(C5CC5)C(C)C(=O)O)c(F)c4O3)nc2C)c(F)cn1. The van der Waals surface area contributed by atoms with E-state index in [4.69, 9.17) is 9.47 Å². The molecule has 5 rings (SSSR count). The molecule has 37 heavy (non-hydrogen) atoms. The number of carboxylic acids is 1. The average molecular weight is 510 g/mol. The quantitative estimate of drug-likeness (QED) is 0.410. The van der Waals surface area contributed by atoms with Crippen LogP contribution in [0.5, 0.6) is 11.6 Å². The van der Waals surface area contributed by atoms with Crippen molar-refractivity contribution in [2.45, 2.75) is 58.5 Å². The van der Waals surface area contributed by atoms with Crippen LogP contribution in [0, 0.1) is 30.4 Å². The Bertz CT molecular complexity index is 1350. The molecule has 0 radical (unpaired) electrons. The van der Waals surface area contributed by atoms with Crippen LogP contribution >= 0.6 is 0 Å². The molecule has 9 heteroatoms. The first-order valence-corrected chi connectivity index (χ1v) is 12.6. The number of rotatable bonds is 8. The van der Waals surface area contributed by atoms with E-state index in [2.05, 4.69) is 15.0 Å². The van der Waals surface area contributed by atoms with E-state index in [0.717, 1.165) is 24.6 Å². The zero-order valence-corrected chi connectivity index (χ0v) is 21.0. The van der Waals surface area contributed by atoms with Crippen LogP contribution in [0.2, 0.25) is 0 Å². The fourth-order valence-electron chi connectivity index (χ4n) is 5.18. The first-order chi connectivity index (χ1) is 17.8. The Morgan fingerprint density at radius 2 is 2.00 bits per heavy atom. The predicted octanol–water partition coefficient (Wildman–Crippen LogP) is 5.80. The fraction of sp³-hybridized carbons (Fsp3) is 0.429. The van der Waals surface area contributed by atoms with E-state index in [1.165, 1.54) is 12.3 Å². The summed E-state index contributed by atoms with van der Waals surface area (Å²) in [7, 11) is 0. The molecule has 3 atom stereocenters. The molecule has 1 saturated carbocycles. The van der Waals surface area contributed by atoms with E-state index >= 15 is 4.39 Å². The first kappa shape index (κ1) is 25.0. The monoisotopic (exact) mass is 509 g/mol. The maximum Gasteiger partial charge on any atom is 0.306 e. The van der Waals surface area contributed by atoms with Gasteiger partial charge in [-0.25, -0.2) is 13.8 Å². The highest BCUT2D eigenvalue weighted by Crippen LogP contribution is 2.49. The minimum absolute atomic E-state index is 0.155. The van der Waals surface area contributed by atoms with Crippen LogP contribution < -0.4 is 9.47 Å².